The molecule has 0 spiro atoms. The van der Waals surface area contributed by atoms with E-state index in [1.165, 1.54) is 24.3 Å². The molecule has 1 aliphatic carbocycles. The monoisotopic (exact) mass is 520 g/mol. The predicted octanol–water partition coefficient (Wildman–Crippen LogP) is 6.03. The first kappa shape index (κ1) is 26.8. The Hall–Kier alpha value is -4.21. The van der Waals surface area contributed by atoms with Crippen LogP contribution in [0.3, 0.4) is 0 Å². The lowest BCUT2D eigenvalue weighted by Crippen LogP contribution is -2.27. The molecule has 1 amide bonds. The maximum absolute atomic E-state index is 12.7. The van der Waals surface area contributed by atoms with Crippen molar-refractivity contribution < 1.29 is 24.0 Å². The van der Waals surface area contributed by atoms with Gasteiger partial charge in [-0.05, 0) is 57.2 Å². The van der Waals surface area contributed by atoms with Gasteiger partial charge in [0, 0.05) is 24.1 Å². The molecule has 0 unspecified atom stereocenters. The van der Waals surface area contributed by atoms with Gasteiger partial charge in [0.25, 0.3) is 5.69 Å². The zero-order chi connectivity index (χ0) is 27.4. The van der Waals surface area contributed by atoms with Gasteiger partial charge in [0.2, 0.25) is 0 Å². The largest absolute Gasteiger partial charge is 0.458 e. The van der Waals surface area contributed by atoms with Crippen molar-refractivity contribution in [3.63, 3.8) is 0 Å². The molecule has 38 heavy (non-hydrogen) atoms. The molecule has 2 aromatic carbocycles. The number of ether oxygens (including phenoxy) is 2. The van der Waals surface area contributed by atoms with E-state index in [1.807, 2.05) is 64.1 Å². The third kappa shape index (κ3) is 6.37. The zero-order valence-electron chi connectivity index (χ0n) is 21.9. The quantitative estimate of drug-likeness (QED) is 0.229. The lowest BCUT2D eigenvalue weighted by Gasteiger charge is -2.22. The van der Waals surface area contributed by atoms with Gasteiger partial charge in [-0.25, -0.2) is 14.3 Å². The van der Waals surface area contributed by atoms with Crippen LogP contribution in [-0.4, -0.2) is 32.9 Å². The number of esters is 1. The summed E-state index contributed by atoms with van der Waals surface area (Å²) in [6.45, 7) is 8.17. The number of carbonyl (C=O) groups excluding carboxylic acids is 2. The fourth-order valence-corrected chi connectivity index (χ4v) is 4.60. The molecular weight excluding hydrogens is 488 g/mol. The Labute approximate surface area is 221 Å². The number of hydrogen-bond donors (Lipinski definition) is 1. The van der Waals surface area contributed by atoms with Crippen LogP contribution in [0, 0.1) is 16.0 Å². The number of hydrogen-bond acceptors (Lipinski definition) is 7. The van der Waals surface area contributed by atoms with Crippen LogP contribution < -0.4 is 5.32 Å². The number of nitro groups is 1. The molecule has 0 aliphatic heterocycles. The fourth-order valence-electron chi connectivity index (χ4n) is 4.60. The van der Waals surface area contributed by atoms with E-state index in [2.05, 4.69) is 5.32 Å². The zero-order valence-corrected chi connectivity index (χ0v) is 21.9. The van der Waals surface area contributed by atoms with Gasteiger partial charge in [0.15, 0.2) is 0 Å². The summed E-state index contributed by atoms with van der Waals surface area (Å²) in [5.74, 6) is 0.142. The molecule has 0 bridgehead atoms. The normalized spacial score (nSPS) is 19.1. The van der Waals surface area contributed by atoms with Crippen molar-refractivity contribution >= 4 is 23.6 Å². The molecule has 1 aromatic heterocycles. The number of nitro benzene ring substituents is 1. The highest BCUT2D eigenvalue weighted by molar-refractivity contribution is 5.89. The van der Waals surface area contributed by atoms with Crippen LogP contribution in [0.5, 0.6) is 0 Å². The molecule has 1 saturated carbocycles. The maximum atomic E-state index is 12.7. The molecular formula is C28H32N4O6. The van der Waals surface area contributed by atoms with Crippen LogP contribution >= 0.6 is 0 Å². The van der Waals surface area contributed by atoms with Crippen LogP contribution in [-0.2, 0) is 21.6 Å². The lowest BCUT2D eigenvalue weighted by molar-refractivity contribution is -0.384. The van der Waals surface area contributed by atoms with E-state index in [9.17, 15) is 19.7 Å². The first-order chi connectivity index (χ1) is 18.0. The molecule has 3 atom stereocenters. The number of rotatable bonds is 7. The van der Waals surface area contributed by atoms with Crippen molar-refractivity contribution in [1.29, 1.82) is 0 Å². The highest BCUT2D eigenvalue weighted by Crippen LogP contribution is 2.41. The van der Waals surface area contributed by atoms with E-state index in [1.54, 1.807) is 4.68 Å². The lowest BCUT2D eigenvalue weighted by atomic mass is 10.0. The molecule has 0 saturated heterocycles. The minimum Gasteiger partial charge on any atom is -0.458 e. The number of non-ortho nitro benzene ring substituents is 1. The van der Waals surface area contributed by atoms with Gasteiger partial charge in [0.1, 0.15) is 18.5 Å². The SMILES string of the molecule is C[C@@H]1C[C@H](c2cc(NC(=O)OCc3ccccc3)n(C(C)(C)C)n2)C[C@@H]1OC(=O)c1ccc([N+](=O)[O-])cc1. The summed E-state index contributed by atoms with van der Waals surface area (Å²) in [7, 11) is 0. The van der Waals surface area contributed by atoms with Crippen LogP contribution in [0.15, 0.2) is 60.7 Å². The Morgan fingerprint density at radius 2 is 1.79 bits per heavy atom. The van der Waals surface area contributed by atoms with Crippen LogP contribution in [0.1, 0.15) is 68.1 Å². The van der Waals surface area contributed by atoms with E-state index >= 15 is 0 Å². The Bertz CT molecular complexity index is 1300. The number of amides is 1. The Balaban J connectivity index is 1.43. The average molecular weight is 521 g/mol. The Morgan fingerprint density at radius 1 is 1.11 bits per heavy atom. The van der Waals surface area contributed by atoms with Crippen LogP contribution in [0.25, 0.3) is 0 Å². The standard InChI is InChI=1S/C28H32N4O6/c1-18-14-21(15-24(18)38-26(33)20-10-12-22(13-11-20)32(35)36)23-16-25(31(30-23)28(2,3)4)29-27(34)37-17-19-8-6-5-7-9-19/h5-13,16,18,21,24H,14-15,17H2,1-4H3,(H,29,34)/t18-,21+,24+/m1/s1. The molecule has 1 N–H and O–H groups in total. The minimum atomic E-state index is -0.569. The molecule has 1 fully saturated rings. The number of anilines is 1. The molecule has 4 rings (SSSR count). The van der Waals surface area contributed by atoms with Gasteiger partial charge in [-0.3, -0.25) is 15.4 Å². The summed E-state index contributed by atoms with van der Waals surface area (Å²) in [4.78, 5) is 35.6. The first-order valence-electron chi connectivity index (χ1n) is 12.5. The van der Waals surface area contributed by atoms with Crippen molar-refractivity contribution in [2.75, 3.05) is 5.32 Å². The first-order valence-corrected chi connectivity index (χ1v) is 12.5. The summed E-state index contributed by atoms with van der Waals surface area (Å²) >= 11 is 0. The van der Waals surface area contributed by atoms with E-state index in [0.29, 0.717) is 12.2 Å². The number of aromatic nitrogens is 2. The summed E-state index contributed by atoms with van der Waals surface area (Å²) < 4.78 is 12.9. The number of nitrogens with zero attached hydrogens (tertiary/aromatic N) is 3. The van der Waals surface area contributed by atoms with Crippen molar-refractivity contribution in [1.82, 2.24) is 9.78 Å². The van der Waals surface area contributed by atoms with Gasteiger partial charge in [0.05, 0.1) is 21.7 Å². The van der Waals surface area contributed by atoms with E-state index in [4.69, 9.17) is 14.6 Å². The predicted molar refractivity (Wildman–Crippen MR) is 141 cm³/mol. The van der Waals surface area contributed by atoms with Gasteiger partial charge in [-0.1, -0.05) is 37.3 Å². The summed E-state index contributed by atoms with van der Waals surface area (Å²) in [6, 6.07) is 16.7. The van der Waals surface area contributed by atoms with E-state index in [0.717, 1.165) is 17.7 Å². The highest BCUT2D eigenvalue weighted by Gasteiger charge is 2.37. The molecule has 0 radical (unpaired) electrons. The van der Waals surface area contributed by atoms with Gasteiger partial charge < -0.3 is 9.47 Å². The molecule has 10 heteroatoms. The number of carbonyl (C=O) groups is 2. The molecule has 1 heterocycles. The van der Waals surface area contributed by atoms with Gasteiger partial charge >= 0.3 is 12.1 Å². The van der Waals surface area contributed by atoms with Gasteiger partial charge in [-0.2, -0.15) is 5.10 Å². The topological polar surface area (TPSA) is 126 Å². The second-order valence-corrected chi connectivity index (χ2v) is 10.6. The minimum absolute atomic E-state index is 0.0316. The number of nitrogens with one attached hydrogen (secondary N) is 1. The van der Waals surface area contributed by atoms with E-state index < -0.39 is 22.5 Å². The Morgan fingerprint density at radius 3 is 2.42 bits per heavy atom. The van der Waals surface area contributed by atoms with Crippen molar-refractivity contribution in [3.05, 3.63) is 87.6 Å². The third-order valence-corrected chi connectivity index (χ3v) is 6.60. The van der Waals surface area contributed by atoms with Crippen LogP contribution in [0.2, 0.25) is 0 Å². The fraction of sp³-hybridized carbons (Fsp3) is 0.393. The molecule has 10 nitrogen and oxygen atoms in total. The molecule has 3 aromatic rings. The Kier molecular flexibility index (Phi) is 7.80. The summed E-state index contributed by atoms with van der Waals surface area (Å²) in [5, 5.41) is 18.5. The van der Waals surface area contributed by atoms with Crippen molar-refractivity contribution in [3.8, 4) is 0 Å². The summed E-state index contributed by atoms with van der Waals surface area (Å²) in [5.41, 5.74) is 1.48. The van der Waals surface area contributed by atoms with E-state index in [-0.39, 0.29) is 35.8 Å². The maximum Gasteiger partial charge on any atom is 0.413 e. The van der Waals surface area contributed by atoms with Crippen LogP contribution in [0.4, 0.5) is 16.3 Å². The second-order valence-electron chi connectivity index (χ2n) is 10.6. The molecule has 200 valence electrons. The number of benzene rings is 2. The smallest absolute Gasteiger partial charge is 0.413 e. The average Bonchev–Trinajstić information content (AvgIpc) is 3.47. The van der Waals surface area contributed by atoms with Crippen molar-refractivity contribution in [2.24, 2.45) is 5.92 Å². The molecule has 1 aliphatic rings. The van der Waals surface area contributed by atoms with Crippen molar-refractivity contribution in [2.45, 2.75) is 64.7 Å². The third-order valence-electron chi connectivity index (χ3n) is 6.60. The van der Waals surface area contributed by atoms with Gasteiger partial charge in [-0.15, -0.1) is 0 Å². The summed E-state index contributed by atoms with van der Waals surface area (Å²) in [6.07, 6.45) is 0.450. The highest BCUT2D eigenvalue weighted by atomic mass is 16.6. The second kappa shape index (κ2) is 11.0.